The van der Waals surface area contributed by atoms with E-state index in [1.165, 1.54) is 0 Å². The fourth-order valence-corrected chi connectivity index (χ4v) is 2.97. The maximum atomic E-state index is 12.0. The molecular formula is C22H25NO6. The minimum absolute atomic E-state index is 0.250. The van der Waals surface area contributed by atoms with Gasteiger partial charge < -0.3 is 20.3 Å². The van der Waals surface area contributed by atoms with Crippen molar-refractivity contribution in [3.05, 3.63) is 60.2 Å². The van der Waals surface area contributed by atoms with E-state index in [2.05, 4.69) is 5.32 Å². The van der Waals surface area contributed by atoms with Gasteiger partial charge in [0.05, 0.1) is 5.92 Å². The summed E-state index contributed by atoms with van der Waals surface area (Å²) in [6, 6.07) is 17.4. The second-order valence-corrected chi connectivity index (χ2v) is 6.89. The number of ether oxygens (including phenoxy) is 1. The van der Waals surface area contributed by atoms with E-state index in [4.69, 9.17) is 9.84 Å². The molecule has 7 heteroatoms. The van der Waals surface area contributed by atoms with Gasteiger partial charge in [0.1, 0.15) is 13.2 Å². The molecule has 0 aliphatic heterocycles. The Hall–Kier alpha value is -3.19. The van der Waals surface area contributed by atoms with E-state index in [-0.39, 0.29) is 6.42 Å². The maximum absolute atomic E-state index is 12.0. The Balaban J connectivity index is 2.03. The monoisotopic (exact) mass is 399 g/mol. The second kappa shape index (κ2) is 11.0. The summed E-state index contributed by atoms with van der Waals surface area (Å²) in [6.07, 6.45) is 0.706. The van der Waals surface area contributed by atoms with E-state index in [0.717, 1.165) is 16.7 Å². The Kier molecular flexibility index (Phi) is 8.36. The average molecular weight is 399 g/mol. The highest BCUT2D eigenvalue weighted by Gasteiger charge is 2.20. The fraction of sp³-hybridized carbons (Fsp3) is 0.318. The molecule has 0 fully saturated rings. The van der Waals surface area contributed by atoms with Gasteiger partial charge in [0.15, 0.2) is 0 Å². The highest BCUT2D eigenvalue weighted by atomic mass is 16.5. The lowest BCUT2D eigenvalue weighted by molar-refractivity contribution is -0.144. The number of carboxylic acid groups (broad SMARTS) is 2. The van der Waals surface area contributed by atoms with Gasteiger partial charge in [-0.15, -0.1) is 0 Å². The van der Waals surface area contributed by atoms with Crippen LogP contribution in [0.4, 0.5) is 0 Å². The molecule has 3 N–H and O–H groups in total. The summed E-state index contributed by atoms with van der Waals surface area (Å²) in [6.45, 7) is 0.628. The van der Waals surface area contributed by atoms with Crippen molar-refractivity contribution in [2.75, 3.05) is 13.2 Å². The van der Waals surface area contributed by atoms with Crippen LogP contribution in [0.3, 0.4) is 0 Å². The van der Waals surface area contributed by atoms with E-state index in [9.17, 15) is 19.5 Å². The molecule has 0 saturated carbocycles. The zero-order chi connectivity index (χ0) is 21.2. The number of hydrogen-bond donors (Lipinski definition) is 3. The maximum Gasteiger partial charge on any atom is 0.329 e. The summed E-state index contributed by atoms with van der Waals surface area (Å²) >= 11 is 0. The van der Waals surface area contributed by atoms with Crippen molar-refractivity contribution in [1.82, 2.24) is 5.32 Å². The first kappa shape index (κ1) is 22.1. The van der Waals surface area contributed by atoms with E-state index in [0.29, 0.717) is 6.42 Å². The molecule has 2 aromatic rings. The number of aliphatic carboxylic acids is 2. The lowest BCUT2D eigenvalue weighted by Gasteiger charge is -2.21. The number of carboxylic acids is 2. The predicted molar refractivity (Wildman–Crippen MR) is 107 cm³/mol. The molecule has 0 bridgehead atoms. The molecule has 0 saturated heterocycles. The molecule has 7 nitrogen and oxygen atoms in total. The lowest BCUT2D eigenvalue weighted by atomic mass is 9.95. The van der Waals surface area contributed by atoms with Gasteiger partial charge in [0, 0.05) is 6.04 Å². The third-order valence-corrected chi connectivity index (χ3v) is 4.43. The summed E-state index contributed by atoms with van der Waals surface area (Å²) in [5.74, 6) is -3.21. The Morgan fingerprint density at radius 3 is 2.14 bits per heavy atom. The summed E-state index contributed by atoms with van der Waals surface area (Å²) in [7, 11) is 0. The standard InChI is InChI=1S/C22H25NO6/c1-15(22(27)28)11-19(23-20(24)13-29-14-21(25)26)12-16-7-9-18(10-8-16)17-5-3-2-4-6-17/h2-10,15,19H,11-14H2,1H3,(H,23,24)(H,25,26)(H,27,28)/t15-,19+/m1/s1. The molecule has 0 spiro atoms. The average Bonchev–Trinajstić information content (AvgIpc) is 2.68. The molecule has 154 valence electrons. The van der Waals surface area contributed by atoms with Crippen LogP contribution in [-0.4, -0.2) is 47.3 Å². The first-order valence-corrected chi connectivity index (χ1v) is 9.31. The van der Waals surface area contributed by atoms with Gasteiger partial charge >= 0.3 is 11.9 Å². The lowest BCUT2D eigenvalue weighted by Crippen LogP contribution is -2.40. The van der Waals surface area contributed by atoms with Crippen molar-refractivity contribution in [1.29, 1.82) is 0 Å². The zero-order valence-corrected chi connectivity index (χ0v) is 16.2. The molecule has 0 radical (unpaired) electrons. The summed E-state index contributed by atoms with van der Waals surface area (Å²) in [5, 5.41) is 20.5. The largest absolute Gasteiger partial charge is 0.481 e. The summed E-state index contributed by atoms with van der Waals surface area (Å²) in [4.78, 5) is 33.7. The Morgan fingerprint density at radius 2 is 1.55 bits per heavy atom. The van der Waals surface area contributed by atoms with E-state index >= 15 is 0 Å². The number of amides is 1. The van der Waals surface area contributed by atoms with Crippen molar-refractivity contribution in [3.63, 3.8) is 0 Å². The van der Waals surface area contributed by atoms with Crippen molar-refractivity contribution in [2.45, 2.75) is 25.8 Å². The van der Waals surface area contributed by atoms with Crippen LogP contribution in [0.25, 0.3) is 11.1 Å². The molecule has 0 aliphatic carbocycles. The highest BCUT2D eigenvalue weighted by Crippen LogP contribution is 2.20. The fourth-order valence-electron chi connectivity index (χ4n) is 2.97. The number of carbonyl (C=O) groups excluding carboxylic acids is 1. The van der Waals surface area contributed by atoms with Crippen LogP contribution in [0.5, 0.6) is 0 Å². The molecule has 0 unspecified atom stereocenters. The minimum atomic E-state index is -1.16. The van der Waals surface area contributed by atoms with Gasteiger partial charge in [0.25, 0.3) is 0 Å². The van der Waals surface area contributed by atoms with E-state index in [1.54, 1.807) is 6.92 Å². The third kappa shape index (κ3) is 7.75. The molecule has 2 rings (SSSR count). The molecule has 0 heterocycles. The topological polar surface area (TPSA) is 113 Å². The molecule has 0 aliphatic rings. The number of carbonyl (C=O) groups is 3. The van der Waals surface area contributed by atoms with Crippen LogP contribution in [0.15, 0.2) is 54.6 Å². The predicted octanol–water partition coefficient (Wildman–Crippen LogP) is 2.59. The van der Waals surface area contributed by atoms with Gasteiger partial charge in [0.2, 0.25) is 5.91 Å². The van der Waals surface area contributed by atoms with Gasteiger partial charge in [-0.1, -0.05) is 61.5 Å². The zero-order valence-electron chi connectivity index (χ0n) is 16.2. The van der Waals surface area contributed by atoms with Gasteiger partial charge in [-0.25, -0.2) is 4.79 Å². The van der Waals surface area contributed by atoms with Crippen LogP contribution < -0.4 is 5.32 Å². The SMILES string of the molecule is C[C@H](C[C@@H](Cc1ccc(-c2ccccc2)cc1)NC(=O)COCC(=O)O)C(=O)O. The normalized spacial score (nSPS) is 12.7. The number of hydrogen-bond acceptors (Lipinski definition) is 4. The highest BCUT2D eigenvalue weighted by molar-refractivity contribution is 5.78. The second-order valence-electron chi connectivity index (χ2n) is 6.89. The Labute approximate surface area is 169 Å². The smallest absolute Gasteiger partial charge is 0.329 e. The van der Waals surface area contributed by atoms with Crippen molar-refractivity contribution in [2.24, 2.45) is 5.92 Å². The van der Waals surface area contributed by atoms with E-state index < -0.39 is 43.0 Å². The summed E-state index contributed by atoms with van der Waals surface area (Å²) < 4.78 is 4.80. The van der Waals surface area contributed by atoms with Gasteiger partial charge in [-0.2, -0.15) is 0 Å². The molecule has 0 aromatic heterocycles. The number of benzene rings is 2. The molecule has 2 aromatic carbocycles. The minimum Gasteiger partial charge on any atom is -0.481 e. The number of nitrogens with one attached hydrogen (secondary N) is 1. The molecular weight excluding hydrogens is 374 g/mol. The van der Waals surface area contributed by atoms with Gasteiger partial charge in [-0.3, -0.25) is 9.59 Å². The van der Waals surface area contributed by atoms with Crippen LogP contribution in [-0.2, 0) is 25.5 Å². The number of rotatable bonds is 11. The van der Waals surface area contributed by atoms with Crippen LogP contribution in [0, 0.1) is 5.92 Å². The molecule has 29 heavy (non-hydrogen) atoms. The van der Waals surface area contributed by atoms with Crippen LogP contribution >= 0.6 is 0 Å². The van der Waals surface area contributed by atoms with Crippen molar-refractivity contribution < 1.29 is 29.3 Å². The molecule has 2 atom stereocenters. The quantitative estimate of drug-likeness (QED) is 0.535. The van der Waals surface area contributed by atoms with Crippen LogP contribution in [0.1, 0.15) is 18.9 Å². The Bertz CT molecular complexity index is 819. The Morgan fingerprint density at radius 1 is 0.931 bits per heavy atom. The van der Waals surface area contributed by atoms with Crippen LogP contribution in [0.2, 0.25) is 0 Å². The van der Waals surface area contributed by atoms with Crippen molar-refractivity contribution in [3.8, 4) is 11.1 Å². The summed E-state index contributed by atoms with van der Waals surface area (Å²) in [5.41, 5.74) is 3.12. The van der Waals surface area contributed by atoms with E-state index in [1.807, 2.05) is 54.6 Å². The van der Waals surface area contributed by atoms with Gasteiger partial charge in [-0.05, 0) is 29.5 Å². The molecule has 1 amide bonds. The first-order valence-electron chi connectivity index (χ1n) is 9.31. The third-order valence-electron chi connectivity index (χ3n) is 4.43. The van der Waals surface area contributed by atoms with Crippen molar-refractivity contribution >= 4 is 17.8 Å². The first-order chi connectivity index (χ1) is 13.8.